The molecule has 0 aromatic heterocycles. The molecule has 88 valence electrons. The van der Waals surface area contributed by atoms with E-state index >= 15 is 0 Å². The molecule has 0 aliphatic carbocycles. The van der Waals surface area contributed by atoms with E-state index in [-0.39, 0.29) is 5.91 Å². The van der Waals surface area contributed by atoms with Gasteiger partial charge in [0.15, 0.2) is 0 Å². The van der Waals surface area contributed by atoms with Crippen molar-refractivity contribution in [3.8, 4) is 0 Å². The van der Waals surface area contributed by atoms with Crippen molar-refractivity contribution in [1.82, 2.24) is 10.6 Å². The lowest BCUT2D eigenvalue weighted by molar-refractivity contribution is -0.141. The summed E-state index contributed by atoms with van der Waals surface area (Å²) in [6, 6.07) is -0.401. The second kappa shape index (κ2) is 7.23. The van der Waals surface area contributed by atoms with Gasteiger partial charge in [-0.25, -0.2) is 0 Å². The van der Waals surface area contributed by atoms with Gasteiger partial charge in [-0.05, 0) is 19.9 Å². The molecule has 0 heterocycles. The van der Waals surface area contributed by atoms with E-state index in [4.69, 9.17) is 5.11 Å². The molecule has 1 atom stereocenters. The van der Waals surface area contributed by atoms with Gasteiger partial charge in [-0.1, -0.05) is 13.8 Å². The number of carboxylic acid groups (broad SMARTS) is 1. The molecule has 0 spiro atoms. The summed E-state index contributed by atoms with van der Waals surface area (Å²) in [5.41, 5.74) is 0. The number of hydrogen-bond acceptors (Lipinski definition) is 3. The highest BCUT2D eigenvalue weighted by atomic mass is 16.4. The maximum atomic E-state index is 11.2. The Labute approximate surface area is 90.2 Å². The van der Waals surface area contributed by atoms with Crippen molar-refractivity contribution in [3.63, 3.8) is 0 Å². The van der Waals surface area contributed by atoms with E-state index in [0.717, 1.165) is 13.0 Å². The van der Waals surface area contributed by atoms with E-state index in [2.05, 4.69) is 10.6 Å². The SMILES string of the molecule is CC(C)NCCCC(=O)N[C@H](C)C(=O)O. The van der Waals surface area contributed by atoms with Gasteiger partial charge in [0.1, 0.15) is 6.04 Å². The third-order valence-electron chi connectivity index (χ3n) is 1.88. The smallest absolute Gasteiger partial charge is 0.325 e. The first-order valence-electron chi connectivity index (χ1n) is 5.19. The fourth-order valence-corrected chi connectivity index (χ4v) is 1.02. The average molecular weight is 216 g/mol. The molecule has 0 aromatic carbocycles. The van der Waals surface area contributed by atoms with Gasteiger partial charge in [0.2, 0.25) is 5.91 Å². The maximum Gasteiger partial charge on any atom is 0.325 e. The molecule has 1 amide bonds. The summed E-state index contributed by atoms with van der Waals surface area (Å²) in [6.45, 7) is 6.29. The number of amides is 1. The lowest BCUT2D eigenvalue weighted by atomic mass is 10.2. The zero-order valence-electron chi connectivity index (χ0n) is 9.54. The molecule has 0 aliphatic heterocycles. The van der Waals surface area contributed by atoms with E-state index in [9.17, 15) is 9.59 Å². The van der Waals surface area contributed by atoms with Crippen LogP contribution in [0, 0.1) is 0 Å². The van der Waals surface area contributed by atoms with Gasteiger partial charge in [-0.2, -0.15) is 0 Å². The fourth-order valence-electron chi connectivity index (χ4n) is 1.02. The second-order valence-electron chi connectivity index (χ2n) is 3.84. The number of hydrogen-bond donors (Lipinski definition) is 3. The zero-order valence-corrected chi connectivity index (χ0v) is 9.54. The molecule has 0 saturated heterocycles. The third-order valence-corrected chi connectivity index (χ3v) is 1.88. The predicted molar refractivity (Wildman–Crippen MR) is 57.6 cm³/mol. The van der Waals surface area contributed by atoms with Gasteiger partial charge >= 0.3 is 5.97 Å². The first-order chi connectivity index (χ1) is 6.93. The normalized spacial score (nSPS) is 12.5. The van der Waals surface area contributed by atoms with Gasteiger partial charge < -0.3 is 15.7 Å². The monoisotopic (exact) mass is 216 g/mol. The Kier molecular flexibility index (Phi) is 6.70. The minimum absolute atomic E-state index is 0.213. The quantitative estimate of drug-likeness (QED) is 0.537. The Morgan fingerprint density at radius 1 is 1.27 bits per heavy atom. The molecule has 0 bridgehead atoms. The molecule has 5 nitrogen and oxygen atoms in total. The van der Waals surface area contributed by atoms with Crippen molar-refractivity contribution >= 4 is 11.9 Å². The Morgan fingerprint density at radius 3 is 2.33 bits per heavy atom. The number of carbonyl (C=O) groups is 2. The van der Waals surface area contributed by atoms with Crippen LogP contribution >= 0.6 is 0 Å². The standard InChI is InChI=1S/C10H20N2O3/c1-7(2)11-6-4-5-9(13)12-8(3)10(14)15/h7-8,11H,4-6H2,1-3H3,(H,12,13)(H,14,15)/t8-/m1/s1. The number of nitrogens with one attached hydrogen (secondary N) is 2. The molecular formula is C10H20N2O3. The van der Waals surface area contributed by atoms with Crippen LogP contribution < -0.4 is 10.6 Å². The van der Waals surface area contributed by atoms with Crippen LogP contribution in [-0.4, -0.2) is 35.6 Å². The summed E-state index contributed by atoms with van der Waals surface area (Å²) < 4.78 is 0. The fraction of sp³-hybridized carbons (Fsp3) is 0.800. The molecule has 5 heteroatoms. The van der Waals surface area contributed by atoms with Crippen LogP contribution in [-0.2, 0) is 9.59 Å². The number of aliphatic carboxylic acids is 1. The summed E-state index contributed by atoms with van der Waals surface area (Å²) in [5, 5.41) is 14.1. The number of carboxylic acids is 1. The maximum absolute atomic E-state index is 11.2. The van der Waals surface area contributed by atoms with Gasteiger partial charge in [0.05, 0.1) is 0 Å². The summed E-state index contributed by atoms with van der Waals surface area (Å²) >= 11 is 0. The van der Waals surface area contributed by atoms with Gasteiger partial charge in [-0.15, -0.1) is 0 Å². The summed E-state index contributed by atoms with van der Waals surface area (Å²) in [5.74, 6) is -1.22. The number of carbonyl (C=O) groups excluding carboxylic acids is 1. The molecule has 0 fully saturated rings. The largest absolute Gasteiger partial charge is 0.480 e. The van der Waals surface area contributed by atoms with Crippen LogP contribution in [0.4, 0.5) is 0 Å². The van der Waals surface area contributed by atoms with Crippen molar-refractivity contribution < 1.29 is 14.7 Å². The zero-order chi connectivity index (χ0) is 11.8. The average Bonchev–Trinajstić information content (AvgIpc) is 2.12. The van der Waals surface area contributed by atoms with Crippen molar-refractivity contribution in [1.29, 1.82) is 0 Å². The molecule has 15 heavy (non-hydrogen) atoms. The highest BCUT2D eigenvalue weighted by Gasteiger charge is 2.12. The van der Waals surface area contributed by atoms with Crippen LogP contribution in [0.15, 0.2) is 0 Å². The Bertz CT molecular complexity index is 217. The van der Waals surface area contributed by atoms with Crippen LogP contribution in [0.5, 0.6) is 0 Å². The molecule has 0 aliphatic rings. The topological polar surface area (TPSA) is 78.4 Å². The first kappa shape index (κ1) is 13.9. The predicted octanol–water partition coefficient (Wildman–Crippen LogP) is 0.354. The Hall–Kier alpha value is -1.10. The molecule has 0 radical (unpaired) electrons. The highest BCUT2D eigenvalue weighted by molar-refractivity contribution is 5.83. The molecule has 3 N–H and O–H groups in total. The molecule has 0 unspecified atom stereocenters. The lowest BCUT2D eigenvalue weighted by Crippen LogP contribution is -2.38. The van der Waals surface area contributed by atoms with Crippen molar-refractivity contribution in [2.45, 2.75) is 45.7 Å². The second-order valence-corrected chi connectivity index (χ2v) is 3.84. The van der Waals surface area contributed by atoms with Gasteiger partial charge in [-0.3, -0.25) is 9.59 Å². The van der Waals surface area contributed by atoms with E-state index in [1.165, 1.54) is 6.92 Å². The molecule has 0 aromatic rings. The van der Waals surface area contributed by atoms with Crippen LogP contribution in [0.1, 0.15) is 33.6 Å². The minimum Gasteiger partial charge on any atom is -0.480 e. The van der Waals surface area contributed by atoms with E-state index in [1.807, 2.05) is 13.8 Å². The van der Waals surface area contributed by atoms with Crippen LogP contribution in [0.3, 0.4) is 0 Å². The van der Waals surface area contributed by atoms with Crippen molar-refractivity contribution in [2.24, 2.45) is 0 Å². The summed E-state index contributed by atoms with van der Waals surface area (Å²) in [6.07, 6.45) is 1.08. The molecule has 0 rings (SSSR count). The van der Waals surface area contributed by atoms with E-state index in [1.54, 1.807) is 0 Å². The minimum atomic E-state index is -1.01. The Balaban J connectivity index is 3.54. The van der Waals surface area contributed by atoms with Gasteiger partial charge in [0.25, 0.3) is 0 Å². The number of rotatable bonds is 7. The summed E-state index contributed by atoms with van der Waals surface area (Å²) in [4.78, 5) is 21.6. The van der Waals surface area contributed by atoms with Crippen LogP contribution in [0.25, 0.3) is 0 Å². The highest BCUT2D eigenvalue weighted by Crippen LogP contribution is 1.90. The van der Waals surface area contributed by atoms with Gasteiger partial charge in [0, 0.05) is 12.5 Å². The lowest BCUT2D eigenvalue weighted by Gasteiger charge is -2.10. The van der Waals surface area contributed by atoms with Crippen molar-refractivity contribution in [3.05, 3.63) is 0 Å². The molecular weight excluding hydrogens is 196 g/mol. The Morgan fingerprint density at radius 2 is 1.87 bits per heavy atom. The third kappa shape index (κ3) is 7.93. The van der Waals surface area contributed by atoms with Crippen molar-refractivity contribution in [2.75, 3.05) is 6.54 Å². The van der Waals surface area contributed by atoms with E-state index < -0.39 is 12.0 Å². The summed E-state index contributed by atoms with van der Waals surface area (Å²) in [7, 11) is 0. The van der Waals surface area contributed by atoms with E-state index in [0.29, 0.717) is 12.5 Å². The molecule has 0 saturated carbocycles. The first-order valence-corrected chi connectivity index (χ1v) is 5.19. The van der Waals surface area contributed by atoms with Crippen LogP contribution in [0.2, 0.25) is 0 Å².